The zero-order chi connectivity index (χ0) is 13.0. The summed E-state index contributed by atoms with van der Waals surface area (Å²) in [6.07, 6.45) is 3.26. The van der Waals surface area contributed by atoms with Gasteiger partial charge in [-0.3, -0.25) is 0 Å². The lowest BCUT2D eigenvalue weighted by atomic mass is 10.5. The van der Waals surface area contributed by atoms with Crippen molar-refractivity contribution in [1.82, 2.24) is 24.9 Å². The second kappa shape index (κ2) is 5.58. The molecule has 18 heavy (non-hydrogen) atoms. The van der Waals surface area contributed by atoms with Crippen LogP contribution >= 0.6 is 11.8 Å². The van der Waals surface area contributed by atoms with Gasteiger partial charge in [0.2, 0.25) is 11.1 Å². The average molecular weight is 264 g/mol. The summed E-state index contributed by atoms with van der Waals surface area (Å²) in [6, 6.07) is 1.94. The van der Waals surface area contributed by atoms with Gasteiger partial charge in [0.1, 0.15) is 0 Å². The molecule has 2 heterocycles. The van der Waals surface area contributed by atoms with E-state index in [-0.39, 0.29) is 18.1 Å². The van der Waals surface area contributed by atoms with Gasteiger partial charge in [0.05, 0.1) is 6.10 Å². The van der Waals surface area contributed by atoms with E-state index in [0.29, 0.717) is 10.3 Å². The Morgan fingerprint density at radius 3 is 2.50 bits per heavy atom. The van der Waals surface area contributed by atoms with Crippen molar-refractivity contribution in [2.45, 2.75) is 30.3 Å². The summed E-state index contributed by atoms with van der Waals surface area (Å²) in [6.45, 7) is 3.76. The zero-order valence-electron chi connectivity index (χ0n) is 9.94. The number of hydrogen-bond donors (Lipinski definition) is 1. The summed E-state index contributed by atoms with van der Waals surface area (Å²) in [5, 5.41) is 0.947. The minimum atomic E-state index is -0.0300. The third kappa shape index (κ3) is 3.52. The maximum Gasteiger partial charge on any atom is 0.322 e. The quantitative estimate of drug-likeness (QED) is 0.822. The van der Waals surface area contributed by atoms with E-state index >= 15 is 0 Å². The molecule has 0 saturated heterocycles. The molecule has 2 aromatic heterocycles. The Balaban J connectivity index is 2.20. The van der Waals surface area contributed by atoms with E-state index in [1.807, 2.05) is 13.8 Å². The standard InChI is InChI=1S/C10H12N6OS/c1-6(2)17-8-14-7(11)15-10(16-8)18-9-12-4-3-5-13-9/h3-6H,1-2H3,(H2,11,14,15,16). The van der Waals surface area contributed by atoms with E-state index in [4.69, 9.17) is 10.5 Å². The molecule has 0 unspecified atom stereocenters. The Labute approximate surface area is 108 Å². The maximum absolute atomic E-state index is 5.59. The van der Waals surface area contributed by atoms with Crippen molar-refractivity contribution in [3.8, 4) is 6.01 Å². The van der Waals surface area contributed by atoms with Crippen LogP contribution in [0.25, 0.3) is 0 Å². The number of nitrogens with two attached hydrogens (primary N) is 1. The van der Waals surface area contributed by atoms with Gasteiger partial charge in [0, 0.05) is 12.4 Å². The first-order valence-electron chi connectivity index (χ1n) is 5.26. The van der Waals surface area contributed by atoms with Gasteiger partial charge < -0.3 is 10.5 Å². The number of hydrogen-bond acceptors (Lipinski definition) is 8. The van der Waals surface area contributed by atoms with Crippen molar-refractivity contribution < 1.29 is 4.74 Å². The van der Waals surface area contributed by atoms with Crippen molar-refractivity contribution in [3.63, 3.8) is 0 Å². The fourth-order valence-electron chi connectivity index (χ4n) is 1.08. The minimum Gasteiger partial charge on any atom is -0.461 e. The van der Waals surface area contributed by atoms with E-state index in [9.17, 15) is 0 Å². The van der Waals surface area contributed by atoms with Gasteiger partial charge >= 0.3 is 6.01 Å². The largest absolute Gasteiger partial charge is 0.461 e. The number of rotatable bonds is 4. The SMILES string of the molecule is CC(C)Oc1nc(N)nc(Sc2ncccn2)n1. The molecular formula is C10H12N6OS. The first-order valence-corrected chi connectivity index (χ1v) is 6.08. The molecule has 2 rings (SSSR count). The molecule has 7 nitrogen and oxygen atoms in total. The van der Waals surface area contributed by atoms with Crippen LogP contribution < -0.4 is 10.5 Å². The smallest absolute Gasteiger partial charge is 0.322 e. The number of nitrogen functional groups attached to an aromatic ring is 1. The van der Waals surface area contributed by atoms with Crippen molar-refractivity contribution >= 4 is 17.7 Å². The van der Waals surface area contributed by atoms with Gasteiger partial charge in [-0.25, -0.2) is 9.97 Å². The molecule has 0 atom stereocenters. The molecular weight excluding hydrogens is 252 g/mol. The fourth-order valence-corrected chi connectivity index (χ4v) is 1.74. The summed E-state index contributed by atoms with van der Waals surface area (Å²) in [4.78, 5) is 20.1. The molecule has 8 heteroatoms. The van der Waals surface area contributed by atoms with Crippen LogP contribution in [0.1, 0.15) is 13.8 Å². The monoisotopic (exact) mass is 264 g/mol. The molecule has 0 aliphatic heterocycles. The molecule has 0 fully saturated rings. The molecule has 2 N–H and O–H groups in total. The third-order valence-corrected chi connectivity index (χ3v) is 2.44. The molecule has 2 aromatic rings. The average Bonchev–Trinajstić information content (AvgIpc) is 2.28. The van der Waals surface area contributed by atoms with Crippen LogP contribution in [0.4, 0.5) is 5.95 Å². The lowest BCUT2D eigenvalue weighted by Crippen LogP contribution is -2.10. The summed E-state index contributed by atoms with van der Waals surface area (Å²) in [7, 11) is 0. The second-order valence-electron chi connectivity index (χ2n) is 3.56. The van der Waals surface area contributed by atoms with Crippen molar-refractivity contribution in [3.05, 3.63) is 18.5 Å². The maximum atomic E-state index is 5.59. The van der Waals surface area contributed by atoms with Crippen LogP contribution in [0.15, 0.2) is 28.8 Å². The Morgan fingerprint density at radius 2 is 1.83 bits per heavy atom. The van der Waals surface area contributed by atoms with Crippen LogP contribution in [0.3, 0.4) is 0 Å². The zero-order valence-corrected chi connectivity index (χ0v) is 10.8. The number of nitrogens with zero attached hydrogens (tertiary/aromatic N) is 5. The lowest BCUT2D eigenvalue weighted by Gasteiger charge is -2.08. The molecule has 0 amide bonds. The first kappa shape index (κ1) is 12.5. The highest BCUT2D eigenvalue weighted by Crippen LogP contribution is 2.22. The Kier molecular flexibility index (Phi) is 3.88. The van der Waals surface area contributed by atoms with Crippen LogP contribution in [0, 0.1) is 0 Å². The van der Waals surface area contributed by atoms with Crippen molar-refractivity contribution in [2.75, 3.05) is 5.73 Å². The fraction of sp³-hybridized carbons (Fsp3) is 0.300. The highest BCUT2D eigenvalue weighted by Gasteiger charge is 2.09. The summed E-state index contributed by atoms with van der Waals surface area (Å²) < 4.78 is 5.38. The van der Waals surface area contributed by atoms with E-state index in [1.165, 1.54) is 11.8 Å². The normalized spacial score (nSPS) is 10.6. The van der Waals surface area contributed by atoms with E-state index in [2.05, 4.69) is 24.9 Å². The lowest BCUT2D eigenvalue weighted by molar-refractivity contribution is 0.219. The minimum absolute atomic E-state index is 0.0300. The summed E-state index contributed by atoms with van der Waals surface area (Å²) in [5.74, 6) is 0.110. The highest BCUT2D eigenvalue weighted by atomic mass is 32.2. The van der Waals surface area contributed by atoms with Gasteiger partial charge in [-0.05, 0) is 31.7 Å². The molecule has 0 aliphatic carbocycles. The van der Waals surface area contributed by atoms with E-state index in [0.717, 1.165) is 0 Å². The van der Waals surface area contributed by atoms with Crippen molar-refractivity contribution in [1.29, 1.82) is 0 Å². The number of ether oxygens (including phenoxy) is 1. The second-order valence-corrected chi connectivity index (χ2v) is 4.49. The molecule has 0 bridgehead atoms. The van der Waals surface area contributed by atoms with Crippen LogP contribution in [-0.2, 0) is 0 Å². The third-order valence-electron chi connectivity index (χ3n) is 1.68. The van der Waals surface area contributed by atoms with Crippen LogP contribution in [0.5, 0.6) is 6.01 Å². The predicted molar refractivity (Wildman–Crippen MR) is 66.2 cm³/mol. The Morgan fingerprint density at radius 1 is 1.11 bits per heavy atom. The van der Waals surface area contributed by atoms with Gasteiger partial charge in [-0.2, -0.15) is 15.0 Å². The molecule has 0 saturated carbocycles. The van der Waals surface area contributed by atoms with Crippen LogP contribution in [-0.4, -0.2) is 31.0 Å². The Bertz CT molecular complexity index is 521. The topological polar surface area (TPSA) is 99.7 Å². The highest BCUT2D eigenvalue weighted by molar-refractivity contribution is 7.99. The molecule has 94 valence electrons. The molecule has 0 spiro atoms. The van der Waals surface area contributed by atoms with Gasteiger partial charge in [-0.1, -0.05) is 0 Å². The molecule has 0 radical (unpaired) electrons. The number of aromatic nitrogens is 5. The van der Waals surface area contributed by atoms with E-state index in [1.54, 1.807) is 18.5 Å². The summed E-state index contributed by atoms with van der Waals surface area (Å²) >= 11 is 1.20. The summed E-state index contributed by atoms with van der Waals surface area (Å²) in [5.41, 5.74) is 5.59. The van der Waals surface area contributed by atoms with Crippen molar-refractivity contribution in [2.24, 2.45) is 0 Å². The van der Waals surface area contributed by atoms with Gasteiger partial charge in [0.15, 0.2) is 5.16 Å². The predicted octanol–water partition coefficient (Wildman–Crippen LogP) is 1.18. The Hall–Kier alpha value is -1.96. The van der Waals surface area contributed by atoms with Gasteiger partial charge in [-0.15, -0.1) is 0 Å². The van der Waals surface area contributed by atoms with E-state index < -0.39 is 0 Å². The van der Waals surface area contributed by atoms with Crippen LogP contribution in [0.2, 0.25) is 0 Å². The molecule has 0 aromatic carbocycles. The van der Waals surface area contributed by atoms with Gasteiger partial charge in [0.25, 0.3) is 0 Å². The number of anilines is 1. The first-order chi connectivity index (χ1) is 8.63. The molecule has 0 aliphatic rings.